The van der Waals surface area contributed by atoms with Gasteiger partial charge in [-0.05, 0) is 0 Å². The zero-order chi connectivity index (χ0) is 18.8. The molecule has 148 valence electrons. The van der Waals surface area contributed by atoms with Crippen molar-refractivity contribution < 1.29 is 49.0 Å². The molecule has 4 aliphatic rings. The van der Waals surface area contributed by atoms with Crippen molar-refractivity contribution >= 4 is 0 Å². The predicted octanol–water partition coefficient (Wildman–Crippen LogP) is -2.56. The van der Waals surface area contributed by atoms with Gasteiger partial charge in [-0.3, -0.25) is 0 Å². The maximum absolute atomic E-state index is 10.0. The quantitative estimate of drug-likeness (QED) is 0.384. The molecule has 4 aliphatic heterocycles. The highest BCUT2D eigenvalue weighted by atomic mass is 17.0. The lowest BCUT2D eigenvalue weighted by Gasteiger charge is -2.12. The smallest absolute Gasteiger partial charge is 0.294 e. The second-order valence-corrected chi connectivity index (χ2v) is 6.06. The van der Waals surface area contributed by atoms with Crippen molar-refractivity contribution in [2.45, 2.75) is 48.8 Å². The summed E-state index contributed by atoms with van der Waals surface area (Å²) in [5.74, 6) is 0. The lowest BCUT2D eigenvalue weighted by molar-refractivity contribution is -0.769. The third kappa shape index (κ3) is 3.94. The van der Waals surface area contributed by atoms with Crippen LogP contribution < -0.4 is 0 Å². The van der Waals surface area contributed by atoms with Gasteiger partial charge >= 0.3 is 0 Å². The SMILES string of the molecule is O=[N+]([O-])O[C@@H]1CO[C@H]2[C@@H]1OC[C@@H]2O.O=[N+]([O-])O[C@@H]1CO[C@H]2[C@@H]1OC[C@@H]2O. The molecule has 8 atom stereocenters. The molecular weight excluding hydrogens is 364 g/mol. The van der Waals surface area contributed by atoms with Crippen LogP contribution in [-0.2, 0) is 28.6 Å². The standard InChI is InChI=1S/2C6H9NO6/c2*8-3-1-11-6-4(13-7(9)10)2-12-5(3)6/h2*3-6,8H,1-2H2/t2*3-,4+,5+,6+/m00/s1. The van der Waals surface area contributed by atoms with Gasteiger partial charge < -0.3 is 38.8 Å². The Morgan fingerprint density at radius 1 is 0.692 bits per heavy atom. The zero-order valence-electron chi connectivity index (χ0n) is 13.3. The predicted molar refractivity (Wildman–Crippen MR) is 74.7 cm³/mol. The van der Waals surface area contributed by atoms with Crippen molar-refractivity contribution in [3.63, 3.8) is 0 Å². The number of fused-ring (bicyclic) bond motifs is 2. The van der Waals surface area contributed by atoms with Crippen LogP contribution in [0.2, 0.25) is 0 Å². The first-order chi connectivity index (χ1) is 12.4. The van der Waals surface area contributed by atoms with E-state index in [1.165, 1.54) is 0 Å². The van der Waals surface area contributed by atoms with E-state index >= 15 is 0 Å². The molecule has 0 aromatic rings. The first kappa shape index (κ1) is 18.9. The first-order valence-electron chi connectivity index (χ1n) is 7.81. The second kappa shape index (κ2) is 7.81. The maximum atomic E-state index is 10.0. The molecule has 26 heavy (non-hydrogen) atoms. The third-order valence-electron chi connectivity index (χ3n) is 4.41. The Hall–Kier alpha value is -1.84. The van der Waals surface area contributed by atoms with E-state index in [0.717, 1.165) is 0 Å². The minimum atomic E-state index is -0.871. The molecule has 2 N–H and O–H groups in total. The van der Waals surface area contributed by atoms with Crippen LogP contribution in [0.4, 0.5) is 0 Å². The highest BCUT2D eigenvalue weighted by Gasteiger charge is 2.49. The number of hydrogen-bond acceptors (Lipinski definition) is 12. The van der Waals surface area contributed by atoms with Crippen molar-refractivity contribution in [2.24, 2.45) is 0 Å². The largest absolute Gasteiger partial charge is 0.388 e. The van der Waals surface area contributed by atoms with Crippen molar-refractivity contribution in [3.05, 3.63) is 20.2 Å². The van der Waals surface area contributed by atoms with Gasteiger partial charge in [0.2, 0.25) is 0 Å². The third-order valence-corrected chi connectivity index (χ3v) is 4.41. The average Bonchev–Trinajstić information content (AvgIpc) is 3.29. The Balaban J connectivity index is 0.000000151. The number of nitrogens with zero attached hydrogens (tertiary/aromatic N) is 2. The van der Waals surface area contributed by atoms with Gasteiger partial charge in [0, 0.05) is 0 Å². The number of ether oxygens (including phenoxy) is 4. The molecular formula is C12H18N2O12. The Labute approximate surface area is 145 Å². The van der Waals surface area contributed by atoms with Crippen molar-refractivity contribution in [2.75, 3.05) is 26.4 Å². The molecule has 4 heterocycles. The van der Waals surface area contributed by atoms with Crippen LogP contribution in [0.25, 0.3) is 0 Å². The van der Waals surface area contributed by atoms with Crippen LogP contribution in [-0.4, -0.2) is 95.6 Å². The van der Waals surface area contributed by atoms with Gasteiger partial charge in [-0.15, -0.1) is 20.2 Å². The van der Waals surface area contributed by atoms with Gasteiger partial charge in [-0.2, -0.15) is 0 Å². The normalized spacial score (nSPS) is 43.2. The molecule has 14 heteroatoms. The summed E-state index contributed by atoms with van der Waals surface area (Å²) in [5, 5.41) is 36.9. The summed E-state index contributed by atoms with van der Waals surface area (Å²) in [6.07, 6.45) is -4.82. The van der Waals surface area contributed by atoms with Crippen LogP contribution in [0, 0.1) is 20.2 Å². The van der Waals surface area contributed by atoms with Crippen LogP contribution in [0.1, 0.15) is 0 Å². The van der Waals surface area contributed by atoms with E-state index in [9.17, 15) is 30.4 Å². The fraction of sp³-hybridized carbons (Fsp3) is 1.00. The number of aliphatic hydroxyl groups is 2. The van der Waals surface area contributed by atoms with E-state index in [1.807, 2.05) is 0 Å². The lowest BCUT2D eigenvalue weighted by Crippen LogP contribution is -2.33. The fourth-order valence-electron chi connectivity index (χ4n) is 3.29. The van der Waals surface area contributed by atoms with Crippen molar-refractivity contribution in [3.8, 4) is 0 Å². The minimum Gasteiger partial charge on any atom is -0.388 e. The second-order valence-electron chi connectivity index (χ2n) is 6.06. The van der Waals surface area contributed by atoms with E-state index in [1.54, 1.807) is 0 Å². The Bertz CT molecular complexity index is 488. The fourth-order valence-corrected chi connectivity index (χ4v) is 3.29. The molecule has 0 bridgehead atoms. The molecule has 4 fully saturated rings. The Morgan fingerprint density at radius 3 is 1.38 bits per heavy atom. The number of rotatable bonds is 4. The first-order valence-corrected chi connectivity index (χ1v) is 7.81. The van der Waals surface area contributed by atoms with Crippen molar-refractivity contribution in [1.29, 1.82) is 0 Å². The summed E-state index contributed by atoms with van der Waals surface area (Å²) in [7, 11) is 0. The van der Waals surface area contributed by atoms with Gasteiger partial charge in [-0.1, -0.05) is 0 Å². The van der Waals surface area contributed by atoms with Crippen LogP contribution in [0.3, 0.4) is 0 Å². The Morgan fingerprint density at radius 2 is 1.04 bits per heavy atom. The van der Waals surface area contributed by atoms with Gasteiger partial charge in [0.25, 0.3) is 10.2 Å². The van der Waals surface area contributed by atoms with Crippen molar-refractivity contribution in [1.82, 2.24) is 0 Å². The van der Waals surface area contributed by atoms with Crippen LogP contribution >= 0.6 is 0 Å². The lowest BCUT2D eigenvalue weighted by atomic mass is 10.1. The van der Waals surface area contributed by atoms with Gasteiger partial charge in [0.05, 0.1) is 26.4 Å². The molecule has 0 unspecified atom stereocenters. The molecule has 0 amide bonds. The molecule has 0 aromatic heterocycles. The van der Waals surface area contributed by atoms with E-state index < -0.39 is 59.0 Å². The molecule has 0 saturated carbocycles. The van der Waals surface area contributed by atoms with Gasteiger partial charge in [0.1, 0.15) is 36.6 Å². The molecule has 4 rings (SSSR count). The summed E-state index contributed by atoms with van der Waals surface area (Å²) in [6, 6.07) is 0. The zero-order valence-corrected chi connectivity index (χ0v) is 13.3. The summed E-state index contributed by atoms with van der Waals surface area (Å²) in [6.45, 7) is 0.473. The minimum absolute atomic E-state index is 0.0906. The topological polar surface area (TPSA) is 182 Å². The van der Waals surface area contributed by atoms with Crippen LogP contribution in [0.15, 0.2) is 0 Å². The summed E-state index contributed by atoms with van der Waals surface area (Å²) in [5.41, 5.74) is 0. The average molecular weight is 382 g/mol. The highest BCUT2D eigenvalue weighted by molar-refractivity contribution is 4.95. The molecule has 0 aliphatic carbocycles. The summed E-state index contributed by atoms with van der Waals surface area (Å²) in [4.78, 5) is 28.7. The maximum Gasteiger partial charge on any atom is 0.294 e. The molecule has 0 aromatic carbocycles. The van der Waals surface area contributed by atoms with E-state index in [2.05, 4.69) is 9.68 Å². The molecule has 0 spiro atoms. The number of hydrogen-bond donors (Lipinski definition) is 2. The van der Waals surface area contributed by atoms with Crippen LogP contribution in [0.5, 0.6) is 0 Å². The Kier molecular flexibility index (Phi) is 5.69. The highest BCUT2D eigenvalue weighted by Crippen LogP contribution is 2.29. The van der Waals surface area contributed by atoms with E-state index in [-0.39, 0.29) is 26.4 Å². The summed E-state index contributed by atoms with van der Waals surface area (Å²) < 4.78 is 20.4. The molecule has 4 saturated heterocycles. The van der Waals surface area contributed by atoms with E-state index in [4.69, 9.17) is 18.9 Å². The molecule has 0 radical (unpaired) electrons. The van der Waals surface area contributed by atoms with E-state index in [0.29, 0.717) is 0 Å². The monoisotopic (exact) mass is 382 g/mol. The van der Waals surface area contributed by atoms with Gasteiger partial charge in [-0.25, -0.2) is 0 Å². The number of aliphatic hydroxyl groups excluding tert-OH is 2. The molecule has 14 nitrogen and oxygen atoms in total. The van der Waals surface area contributed by atoms with Gasteiger partial charge in [0.15, 0.2) is 12.2 Å². The summed E-state index contributed by atoms with van der Waals surface area (Å²) >= 11 is 0.